The van der Waals surface area contributed by atoms with Crippen LogP contribution >= 0.6 is 0 Å². The minimum atomic E-state index is -0.614. The molecule has 0 bridgehead atoms. The standard InChI is InChI=1S/C19H17FN2O2/c1-13(14-7-4-3-5-8-14)22-19(23)16(12-21)11-15-9-6-10-17(24-2)18(15)20/h3-11,13H,1-2H3,(H,22,23)/b16-11+. The van der Waals surface area contributed by atoms with E-state index >= 15 is 0 Å². The Hall–Kier alpha value is -3.13. The van der Waals surface area contributed by atoms with E-state index in [4.69, 9.17) is 4.74 Å². The number of nitrogens with one attached hydrogen (secondary N) is 1. The van der Waals surface area contributed by atoms with Crippen molar-refractivity contribution in [1.29, 1.82) is 5.26 Å². The third-order valence-corrected chi connectivity index (χ3v) is 3.53. The zero-order valence-electron chi connectivity index (χ0n) is 13.4. The van der Waals surface area contributed by atoms with E-state index in [-0.39, 0.29) is 22.9 Å². The van der Waals surface area contributed by atoms with Gasteiger partial charge in [-0.1, -0.05) is 42.5 Å². The van der Waals surface area contributed by atoms with Crippen LogP contribution in [0.15, 0.2) is 54.1 Å². The van der Waals surface area contributed by atoms with Crippen molar-refractivity contribution < 1.29 is 13.9 Å². The van der Waals surface area contributed by atoms with Crippen LogP contribution in [0.1, 0.15) is 24.1 Å². The largest absolute Gasteiger partial charge is 0.494 e. The molecule has 2 aromatic rings. The van der Waals surface area contributed by atoms with Gasteiger partial charge in [0.15, 0.2) is 11.6 Å². The second-order valence-electron chi connectivity index (χ2n) is 5.14. The number of hydrogen-bond donors (Lipinski definition) is 1. The SMILES string of the molecule is COc1cccc(/C=C(\C#N)C(=O)NC(C)c2ccccc2)c1F. The van der Waals surface area contributed by atoms with Crippen molar-refractivity contribution >= 4 is 12.0 Å². The molecule has 1 atom stereocenters. The Labute approximate surface area is 140 Å². The molecule has 0 saturated heterocycles. The lowest BCUT2D eigenvalue weighted by Gasteiger charge is -2.13. The van der Waals surface area contributed by atoms with Gasteiger partial charge in [0.1, 0.15) is 11.6 Å². The Morgan fingerprint density at radius 1 is 1.25 bits per heavy atom. The van der Waals surface area contributed by atoms with Crippen LogP contribution in [0, 0.1) is 17.1 Å². The summed E-state index contributed by atoms with van der Waals surface area (Å²) in [4.78, 5) is 12.3. The second-order valence-corrected chi connectivity index (χ2v) is 5.14. The highest BCUT2D eigenvalue weighted by Crippen LogP contribution is 2.22. The van der Waals surface area contributed by atoms with Gasteiger partial charge in [-0.3, -0.25) is 4.79 Å². The Morgan fingerprint density at radius 2 is 1.96 bits per heavy atom. The van der Waals surface area contributed by atoms with E-state index in [9.17, 15) is 14.4 Å². The van der Waals surface area contributed by atoms with Crippen LogP contribution < -0.4 is 10.1 Å². The van der Waals surface area contributed by atoms with Crippen molar-refractivity contribution in [1.82, 2.24) is 5.32 Å². The van der Waals surface area contributed by atoms with E-state index in [1.807, 2.05) is 43.3 Å². The topological polar surface area (TPSA) is 62.1 Å². The lowest BCUT2D eigenvalue weighted by molar-refractivity contribution is -0.117. The van der Waals surface area contributed by atoms with E-state index < -0.39 is 11.7 Å². The van der Waals surface area contributed by atoms with Crippen molar-refractivity contribution in [3.63, 3.8) is 0 Å². The van der Waals surface area contributed by atoms with Crippen LogP contribution in [0.3, 0.4) is 0 Å². The van der Waals surface area contributed by atoms with Crippen LogP contribution in [0.5, 0.6) is 5.75 Å². The molecule has 0 aliphatic rings. The number of benzene rings is 2. The number of halogens is 1. The molecule has 1 N–H and O–H groups in total. The average Bonchev–Trinajstić information content (AvgIpc) is 2.61. The molecule has 0 aliphatic carbocycles. The van der Waals surface area contributed by atoms with Crippen molar-refractivity contribution in [3.05, 3.63) is 71.0 Å². The quantitative estimate of drug-likeness (QED) is 0.675. The first-order valence-corrected chi connectivity index (χ1v) is 7.37. The molecule has 0 aliphatic heterocycles. The fourth-order valence-corrected chi connectivity index (χ4v) is 2.20. The van der Waals surface area contributed by atoms with Gasteiger partial charge in [0, 0.05) is 5.56 Å². The van der Waals surface area contributed by atoms with Crippen molar-refractivity contribution in [2.45, 2.75) is 13.0 Å². The molecule has 5 heteroatoms. The number of nitriles is 1. The van der Waals surface area contributed by atoms with E-state index in [0.717, 1.165) is 5.56 Å². The summed E-state index contributed by atoms with van der Waals surface area (Å²) in [6.45, 7) is 1.81. The minimum absolute atomic E-state index is 0.0547. The van der Waals surface area contributed by atoms with Gasteiger partial charge in [0.2, 0.25) is 0 Å². The van der Waals surface area contributed by atoms with Crippen LogP contribution in [-0.2, 0) is 4.79 Å². The smallest absolute Gasteiger partial charge is 0.262 e. The number of carbonyl (C=O) groups excluding carboxylic acids is 1. The zero-order valence-corrected chi connectivity index (χ0v) is 13.4. The van der Waals surface area contributed by atoms with Crippen LogP contribution in [0.2, 0.25) is 0 Å². The lowest BCUT2D eigenvalue weighted by atomic mass is 10.1. The Balaban J connectivity index is 2.22. The number of rotatable bonds is 5. The monoisotopic (exact) mass is 324 g/mol. The molecule has 0 aromatic heterocycles. The van der Waals surface area contributed by atoms with Gasteiger partial charge in [0.05, 0.1) is 13.2 Å². The molecular formula is C19H17FN2O2. The third-order valence-electron chi connectivity index (χ3n) is 3.53. The molecule has 122 valence electrons. The molecule has 4 nitrogen and oxygen atoms in total. The van der Waals surface area contributed by atoms with Crippen LogP contribution in [0.25, 0.3) is 6.08 Å². The number of methoxy groups -OCH3 is 1. The fraction of sp³-hybridized carbons (Fsp3) is 0.158. The highest BCUT2D eigenvalue weighted by Gasteiger charge is 2.15. The molecule has 0 radical (unpaired) electrons. The van der Waals surface area contributed by atoms with Crippen LogP contribution in [-0.4, -0.2) is 13.0 Å². The number of ether oxygens (including phenoxy) is 1. The Morgan fingerprint density at radius 3 is 2.58 bits per heavy atom. The average molecular weight is 324 g/mol. The predicted molar refractivity (Wildman–Crippen MR) is 89.5 cm³/mol. The fourth-order valence-electron chi connectivity index (χ4n) is 2.20. The minimum Gasteiger partial charge on any atom is -0.494 e. The van der Waals surface area contributed by atoms with Gasteiger partial charge >= 0.3 is 0 Å². The highest BCUT2D eigenvalue weighted by atomic mass is 19.1. The summed E-state index contributed by atoms with van der Waals surface area (Å²) >= 11 is 0. The second kappa shape index (κ2) is 7.93. The molecule has 2 aromatic carbocycles. The van der Waals surface area contributed by atoms with Gasteiger partial charge < -0.3 is 10.1 Å². The van der Waals surface area contributed by atoms with Crippen molar-refractivity contribution in [2.24, 2.45) is 0 Å². The predicted octanol–water partition coefficient (Wildman–Crippen LogP) is 3.62. The van der Waals surface area contributed by atoms with E-state index in [0.29, 0.717) is 0 Å². The summed E-state index contributed by atoms with van der Waals surface area (Å²) in [5, 5.41) is 12.0. The summed E-state index contributed by atoms with van der Waals surface area (Å²) in [7, 11) is 1.35. The molecular weight excluding hydrogens is 307 g/mol. The van der Waals surface area contributed by atoms with Gasteiger partial charge in [-0.15, -0.1) is 0 Å². The summed E-state index contributed by atoms with van der Waals surface area (Å²) in [5.41, 5.74) is 0.856. The van der Waals surface area contributed by atoms with Gasteiger partial charge in [-0.2, -0.15) is 5.26 Å². The zero-order chi connectivity index (χ0) is 17.5. The number of hydrogen-bond acceptors (Lipinski definition) is 3. The summed E-state index contributed by atoms with van der Waals surface area (Å²) in [5.74, 6) is -1.12. The van der Waals surface area contributed by atoms with E-state index in [1.165, 1.54) is 25.3 Å². The number of nitrogens with zero attached hydrogens (tertiary/aromatic N) is 1. The maximum atomic E-state index is 14.1. The summed E-state index contributed by atoms with van der Waals surface area (Å²) in [6.07, 6.45) is 1.21. The molecule has 0 heterocycles. The third kappa shape index (κ3) is 3.99. The summed E-state index contributed by atoms with van der Waals surface area (Å²) < 4.78 is 19.0. The maximum Gasteiger partial charge on any atom is 0.262 e. The number of amides is 1. The lowest BCUT2D eigenvalue weighted by Crippen LogP contribution is -2.27. The first kappa shape index (κ1) is 17.2. The molecule has 24 heavy (non-hydrogen) atoms. The van der Waals surface area contributed by atoms with Gasteiger partial charge in [-0.25, -0.2) is 4.39 Å². The first-order valence-electron chi connectivity index (χ1n) is 7.37. The molecule has 0 saturated carbocycles. The molecule has 1 amide bonds. The Kier molecular flexibility index (Phi) is 5.69. The van der Waals surface area contributed by atoms with Crippen molar-refractivity contribution in [2.75, 3.05) is 7.11 Å². The number of carbonyl (C=O) groups is 1. The highest BCUT2D eigenvalue weighted by molar-refractivity contribution is 6.01. The molecule has 1 unspecified atom stereocenters. The van der Waals surface area contributed by atoms with Crippen molar-refractivity contribution in [3.8, 4) is 11.8 Å². The Bertz CT molecular complexity index is 795. The van der Waals surface area contributed by atoms with Crippen LogP contribution in [0.4, 0.5) is 4.39 Å². The molecule has 2 rings (SSSR count). The molecule has 0 fully saturated rings. The van der Waals surface area contributed by atoms with E-state index in [1.54, 1.807) is 6.07 Å². The maximum absolute atomic E-state index is 14.1. The first-order chi connectivity index (χ1) is 11.6. The van der Waals surface area contributed by atoms with Gasteiger partial charge in [-0.05, 0) is 24.6 Å². The molecule has 0 spiro atoms. The van der Waals surface area contributed by atoms with Gasteiger partial charge in [0.25, 0.3) is 5.91 Å². The normalized spacial score (nSPS) is 12.2. The summed E-state index contributed by atoms with van der Waals surface area (Å²) in [6, 6.07) is 15.4. The van der Waals surface area contributed by atoms with E-state index in [2.05, 4.69) is 5.32 Å².